The third kappa shape index (κ3) is 3.32. The number of methoxy groups -OCH3 is 1. The van der Waals surface area contributed by atoms with Crippen LogP contribution in [0.5, 0.6) is 0 Å². The second-order valence-electron chi connectivity index (χ2n) is 3.53. The molecule has 0 amide bonds. The van der Waals surface area contributed by atoms with Crippen molar-refractivity contribution in [3.63, 3.8) is 0 Å². The lowest BCUT2D eigenvalue weighted by Gasteiger charge is -2.16. The lowest BCUT2D eigenvalue weighted by molar-refractivity contribution is -0.141. The molecular formula is C13H12N2O2. The Morgan fingerprint density at radius 3 is 2.35 bits per heavy atom. The van der Waals surface area contributed by atoms with Crippen molar-refractivity contribution >= 4 is 5.97 Å². The summed E-state index contributed by atoms with van der Waals surface area (Å²) in [6.45, 7) is 0. The molecule has 0 fully saturated rings. The molecule has 0 N–H and O–H groups in total. The molecule has 0 unspecified atom stereocenters. The highest BCUT2D eigenvalue weighted by atomic mass is 16.5. The summed E-state index contributed by atoms with van der Waals surface area (Å²) in [5.41, 5.74) is 0.797. The van der Waals surface area contributed by atoms with E-state index in [0.717, 1.165) is 5.56 Å². The first-order valence-corrected chi connectivity index (χ1v) is 5.14. The fraction of sp³-hybridized carbons (Fsp3) is 0.308. The molecule has 4 heteroatoms. The number of esters is 1. The molecule has 0 aliphatic rings. The molecule has 17 heavy (non-hydrogen) atoms. The second kappa shape index (κ2) is 6.30. The number of hydrogen-bond acceptors (Lipinski definition) is 4. The number of rotatable bonds is 4. The summed E-state index contributed by atoms with van der Waals surface area (Å²) in [7, 11) is 1.29. The molecule has 0 heterocycles. The van der Waals surface area contributed by atoms with Gasteiger partial charge in [0.15, 0.2) is 0 Å². The predicted octanol–water partition coefficient (Wildman–Crippen LogP) is 2.00. The minimum absolute atomic E-state index is 0.0340. The van der Waals surface area contributed by atoms with Crippen LogP contribution < -0.4 is 0 Å². The molecule has 1 aromatic carbocycles. The Bertz CT molecular complexity index is 443. The maximum absolute atomic E-state index is 11.3. The lowest BCUT2D eigenvalue weighted by atomic mass is 9.85. The van der Waals surface area contributed by atoms with E-state index in [1.165, 1.54) is 7.11 Å². The molecule has 1 aromatic rings. The van der Waals surface area contributed by atoms with Gasteiger partial charge in [-0.1, -0.05) is 30.3 Å². The molecule has 0 bridgehead atoms. The summed E-state index contributed by atoms with van der Waals surface area (Å²) in [4.78, 5) is 11.3. The van der Waals surface area contributed by atoms with E-state index in [1.807, 2.05) is 30.3 Å². The summed E-state index contributed by atoms with van der Waals surface area (Å²) in [6.07, 6.45) is 0.0340. The third-order valence-corrected chi connectivity index (χ3v) is 2.52. The van der Waals surface area contributed by atoms with Gasteiger partial charge in [-0.15, -0.1) is 0 Å². The van der Waals surface area contributed by atoms with Crippen LogP contribution in [0.2, 0.25) is 0 Å². The SMILES string of the molecule is COC(=O)C[C@@H](c1ccccc1)C(C#N)C#N. The number of carbonyl (C=O) groups is 1. The van der Waals surface area contributed by atoms with Gasteiger partial charge in [0.2, 0.25) is 0 Å². The lowest BCUT2D eigenvalue weighted by Crippen LogP contribution is -2.15. The van der Waals surface area contributed by atoms with Crippen LogP contribution in [0.1, 0.15) is 17.9 Å². The Morgan fingerprint density at radius 1 is 1.29 bits per heavy atom. The van der Waals surface area contributed by atoms with Crippen LogP contribution in [0, 0.1) is 28.6 Å². The zero-order valence-corrected chi connectivity index (χ0v) is 9.46. The highest BCUT2D eigenvalue weighted by Crippen LogP contribution is 2.27. The Kier molecular flexibility index (Phi) is 4.72. The van der Waals surface area contributed by atoms with Crippen molar-refractivity contribution in [2.24, 2.45) is 5.92 Å². The van der Waals surface area contributed by atoms with Gasteiger partial charge < -0.3 is 4.74 Å². The largest absolute Gasteiger partial charge is 0.469 e. The van der Waals surface area contributed by atoms with Crippen molar-refractivity contribution in [2.75, 3.05) is 7.11 Å². The summed E-state index contributed by atoms with van der Waals surface area (Å²) < 4.78 is 4.58. The van der Waals surface area contributed by atoms with Crippen LogP contribution in [-0.4, -0.2) is 13.1 Å². The van der Waals surface area contributed by atoms with E-state index in [9.17, 15) is 4.79 Å². The molecule has 0 spiro atoms. The van der Waals surface area contributed by atoms with Crippen LogP contribution in [0.3, 0.4) is 0 Å². The van der Waals surface area contributed by atoms with Gasteiger partial charge >= 0.3 is 5.97 Å². The van der Waals surface area contributed by atoms with Gasteiger partial charge in [0.25, 0.3) is 0 Å². The average Bonchev–Trinajstić information content (AvgIpc) is 2.39. The highest BCUT2D eigenvalue weighted by molar-refractivity contribution is 5.70. The summed E-state index contributed by atoms with van der Waals surface area (Å²) in [5, 5.41) is 17.8. The maximum atomic E-state index is 11.3. The topological polar surface area (TPSA) is 73.9 Å². The van der Waals surface area contributed by atoms with E-state index in [0.29, 0.717) is 0 Å². The smallest absolute Gasteiger partial charge is 0.306 e. The van der Waals surface area contributed by atoms with Gasteiger partial charge in [-0.05, 0) is 5.56 Å². The van der Waals surface area contributed by atoms with Gasteiger partial charge in [0.05, 0.1) is 25.7 Å². The molecule has 0 saturated heterocycles. The first-order valence-electron chi connectivity index (χ1n) is 5.14. The number of benzene rings is 1. The van der Waals surface area contributed by atoms with Gasteiger partial charge in [0.1, 0.15) is 5.92 Å². The summed E-state index contributed by atoms with van der Waals surface area (Å²) >= 11 is 0. The minimum atomic E-state index is -0.850. The minimum Gasteiger partial charge on any atom is -0.469 e. The Balaban J connectivity index is 3.00. The molecule has 0 aliphatic heterocycles. The zero-order chi connectivity index (χ0) is 12.7. The summed E-state index contributed by atoms with van der Waals surface area (Å²) in [6, 6.07) is 12.9. The molecular weight excluding hydrogens is 216 g/mol. The molecule has 0 saturated carbocycles. The number of ether oxygens (including phenoxy) is 1. The number of hydrogen-bond donors (Lipinski definition) is 0. The maximum Gasteiger partial charge on any atom is 0.306 e. The van der Waals surface area contributed by atoms with Crippen molar-refractivity contribution in [3.05, 3.63) is 35.9 Å². The van der Waals surface area contributed by atoms with Crippen LogP contribution in [-0.2, 0) is 9.53 Å². The summed E-state index contributed by atoms with van der Waals surface area (Å²) in [5.74, 6) is -1.72. The van der Waals surface area contributed by atoms with Crippen molar-refractivity contribution in [1.29, 1.82) is 10.5 Å². The standard InChI is InChI=1S/C13H12N2O2/c1-17-13(16)7-12(11(8-14)9-15)10-5-3-2-4-6-10/h2-6,11-12H,7H2,1H3/t12-/m0/s1. The normalized spacial score (nSPS) is 11.3. The monoisotopic (exact) mass is 228 g/mol. The van der Waals surface area contributed by atoms with Crippen LogP contribution in [0.25, 0.3) is 0 Å². The van der Waals surface area contributed by atoms with E-state index in [4.69, 9.17) is 10.5 Å². The Labute approximate surface area is 100 Å². The second-order valence-corrected chi connectivity index (χ2v) is 3.53. The van der Waals surface area contributed by atoms with Crippen LogP contribution >= 0.6 is 0 Å². The quantitative estimate of drug-likeness (QED) is 0.738. The van der Waals surface area contributed by atoms with Gasteiger partial charge in [-0.25, -0.2) is 0 Å². The van der Waals surface area contributed by atoms with E-state index in [1.54, 1.807) is 12.1 Å². The zero-order valence-electron chi connectivity index (χ0n) is 9.46. The molecule has 1 atom stereocenters. The third-order valence-electron chi connectivity index (χ3n) is 2.52. The Morgan fingerprint density at radius 2 is 1.88 bits per heavy atom. The molecule has 86 valence electrons. The van der Waals surface area contributed by atoms with Gasteiger partial charge in [-0.2, -0.15) is 10.5 Å². The highest BCUT2D eigenvalue weighted by Gasteiger charge is 2.25. The van der Waals surface area contributed by atoms with Crippen LogP contribution in [0.4, 0.5) is 0 Å². The Hall–Kier alpha value is -2.33. The van der Waals surface area contributed by atoms with E-state index < -0.39 is 17.8 Å². The van der Waals surface area contributed by atoms with E-state index in [-0.39, 0.29) is 6.42 Å². The molecule has 0 aromatic heterocycles. The fourth-order valence-corrected chi connectivity index (χ4v) is 1.60. The van der Waals surface area contributed by atoms with E-state index >= 15 is 0 Å². The number of nitrogens with zero attached hydrogens (tertiary/aromatic N) is 2. The predicted molar refractivity (Wildman–Crippen MR) is 60.5 cm³/mol. The first-order chi connectivity index (χ1) is 8.22. The van der Waals surface area contributed by atoms with E-state index in [2.05, 4.69) is 4.74 Å². The average molecular weight is 228 g/mol. The van der Waals surface area contributed by atoms with Gasteiger partial charge in [0, 0.05) is 5.92 Å². The van der Waals surface area contributed by atoms with Crippen molar-refractivity contribution in [1.82, 2.24) is 0 Å². The molecule has 0 aliphatic carbocycles. The van der Waals surface area contributed by atoms with Crippen molar-refractivity contribution < 1.29 is 9.53 Å². The van der Waals surface area contributed by atoms with Crippen LogP contribution in [0.15, 0.2) is 30.3 Å². The first kappa shape index (κ1) is 12.7. The number of carbonyl (C=O) groups excluding carboxylic acids is 1. The molecule has 1 rings (SSSR count). The molecule has 0 radical (unpaired) electrons. The molecule has 4 nitrogen and oxygen atoms in total. The van der Waals surface area contributed by atoms with Gasteiger partial charge in [-0.3, -0.25) is 4.79 Å². The van der Waals surface area contributed by atoms with Crippen molar-refractivity contribution in [2.45, 2.75) is 12.3 Å². The fourth-order valence-electron chi connectivity index (χ4n) is 1.60. The number of nitriles is 2. The van der Waals surface area contributed by atoms with Crippen molar-refractivity contribution in [3.8, 4) is 12.1 Å².